The number of nitrogens with zero attached hydrogens (tertiary/aromatic N) is 2. The Labute approximate surface area is 248 Å². The number of carbonyl (C=O) groups excluding carboxylic acids is 3. The van der Waals surface area contributed by atoms with Gasteiger partial charge in [-0.05, 0) is 48.9 Å². The highest BCUT2D eigenvalue weighted by atomic mass is 35.5. The Morgan fingerprint density at radius 3 is 2.54 bits per heavy atom. The van der Waals surface area contributed by atoms with Gasteiger partial charge in [0.2, 0.25) is 11.8 Å². The Bertz CT molecular complexity index is 1550. The largest absolute Gasteiger partial charge is 0.490 e. The Kier molecular flexibility index (Phi) is 7.82. The van der Waals surface area contributed by atoms with Crippen molar-refractivity contribution >= 4 is 58.1 Å². The number of benzene rings is 2. The number of aromatic nitrogens is 1. The lowest BCUT2D eigenvalue weighted by molar-refractivity contribution is -0.137. The van der Waals surface area contributed by atoms with Crippen LogP contribution in [-0.2, 0) is 19.1 Å². The molecule has 4 heterocycles. The Morgan fingerprint density at radius 2 is 1.80 bits per heavy atom. The van der Waals surface area contributed by atoms with E-state index in [-0.39, 0.29) is 29.2 Å². The van der Waals surface area contributed by atoms with Crippen molar-refractivity contribution in [3.05, 3.63) is 67.6 Å². The molecule has 41 heavy (non-hydrogen) atoms. The van der Waals surface area contributed by atoms with E-state index in [0.717, 1.165) is 11.3 Å². The molecule has 3 aliphatic rings. The first-order chi connectivity index (χ1) is 19.9. The van der Waals surface area contributed by atoms with Gasteiger partial charge in [0.25, 0.3) is 5.91 Å². The third kappa shape index (κ3) is 5.25. The topological polar surface area (TPSA) is 118 Å². The van der Waals surface area contributed by atoms with Crippen molar-refractivity contribution in [1.29, 1.82) is 0 Å². The van der Waals surface area contributed by atoms with Gasteiger partial charge in [0.05, 0.1) is 36.5 Å². The zero-order valence-corrected chi connectivity index (χ0v) is 24.4. The van der Waals surface area contributed by atoms with Crippen LogP contribution in [0, 0.1) is 5.92 Å². The summed E-state index contributed by atoms with van der Waals surface area (Å²) in [6, 6.07) is 11.8. The molecule has 2 fully saturated rings. The molecule has 0 saturated carbocycles. The molecule has 1 N–H and O–H groups in total. The second kappa shape index (κ2) is 11.5. The van der Waals surface area contributed by atoms with Crippen LogP contribution in [0.2, 0.25) is 5.02 Å². The molecule has 214 valence electrons. The number of nitrogens with one attached hydrogen (secondary N) is 1. The molecule has 1 aromatic heterocycles. The second-order valence-electron chi connectivity index (χ2n) is 9.66. The summed E-state index contributed by atoms with van der Waals surface area (Å²) in [6.45, 7) is 4.05. The lowest BCUT2D eigenvalue weighted by atomic mass is 9.83. The number of H-pyrrole nitrogens is 1. The number of rotatable bonds is 7. The fourth-order valence-corrected chi connectivity index (χ4v) is 8.01. The predicted molar refractivity (Wildman–Crippen MR) is 154 cm³/mol. The number of morpholine rings is 1. The molecule has 10 nitrogen and oxygen atoms in total. The maximum absolute atomic E-state index is 13.9. The number of imide groups is 1. The number of carbonyl (C=O) groups is 3. The molecule has 0 aliphatic carbocycles. The van der Waals surface area contributed by atoms with E-state index in [9.17, 15) is 19.2 Å². The summed E-state index contributed by atoms with van der Waals surface area (Å²) in [6.07, 6.45) is 0. The number of hydrogen-bond donors (Lipinski definition) is 1. The average Bonchev–Trinajstić information content (AvgIpc) is 3.47. The minimum Gasteiger partial charge on any atom is -0.490 e. The SMILES string of the molecule is CCOc1cc([C@H]2c3sc(=O)[nH]c3SC3C(=O)N(c4ccc(Cl)cc4)C(=O)C32)ccc1OCC(=O)N1CCOCC1. The minimum absolute atomic E-state index is 0.147. The Morgan fingerprint density at radius 1 is 1.05 bits per heavy atom. The van der Waals surface area contributed by atoms with Crippen LogP contribution in [0.4, 0.5) is 5.69 Å². The smallest absolute Gasteiger partial charge is 0.305 e. The first kappa shape index (κ1) is 27.8. The highest BCUT2D eigenvalue weighted by molar-refractivity contribution is 8.00. The van der Waals surface area contributed by atoms with Gasteiger partial charge < -0.3 is 24.1 Å². The molecular weight excluding hydrogens is 590 g/mol. The van der Waals surface area contributed by atoms with Crippen LogP contribution in [0.3, 0.4) is 0 Å². The molecule has 2 saturated heterocycles. The molecular formula is C28H26ClN3O7S2. The number of thioether (sulfide) groups is 1. The maximum Gasteiger partial charge on any atom is 0.305 e. The fraction of sp³-hybridized carbons (Fsp3) is 0.357. The predicted octanol–water partition coefficient (Wildman–Crippen LogP) is 3.52. The van der Waals surface area contributed by atoms with Gasteiger partial charge in [-0.15, -0.1) is 0 Å². The van der Waals surface area contributed by atoms with Crippen LogP contribution >= 0.6 is 34.7 Å². The van der Waals surface area contributed by atoms with E-state index in [0.29, 0.717) is 70.6 Å². The van der Waals surface area contributed by atoms with Crippen molar-refractivity contribution < 1.29 is 28.6 Å². The summed E-state index contributed by atoms with van der Waals surface area (Å²) in [5, 5.41) is 0.355. The van der Waals surface area contributed by atoms with Crippen LogP contribution in [0.5, 0.6) is 11.5 Å². The van der Waals surface area contributed by atoms with E-state index in [1.807, 2.05) is 6.92 Å². The second-order valence-corrected chi connectivity index (χ2v) is 12.3. The standard InChI is InChI=1S/C28H26ClN3O7S2/c1-2-38-19-13-15(3-8-18(19)39-14-20(33)31-9-11-37-12-10-31)21-22-24(40-25-23(21)41-28(36)30-25)27(35)32(26(22)34)17-6-4-16(29)5-7-17/h3-8,13,21-22,24H,2,9-12,14H2,1H3,(H,30,36)/t21-,22?,24?/m1/s1. The van der Waals surface area contributed by atoms with E-state index >= 15 is 0 Å². The normalized spacial score (nSPS) is 22.0. The van der Waals surface area contributed by atoms with Gasteiger partial charge in [0.1, 0.15) is 5.25 Å². The number of hydrogen-bond acceptors (Lipinski definition) is 9. The molecule has 13 heteroatoms. The van der Waals surface area contributed by atoms with Gasteiger partial charge >= 0.3 is 4.87 Å². The summed E-state index contributed by atoms with van der Waals surface area (Å²) >= 11 is 8.28. The number of fused-ring (bicyclic) bond motifs is 2. The van der Waals surface area contributed by atoms with Gasteiger partial charge in [-0.25, -0.2) is 4.90 Å². The minimum atomic E-state index is -0.744. The number of halogens is 1. The summed E-state index contributed by atoms with van der Waals surface area (Å²) < 4.78 is 17.1. The molecule has 3 aliphatic heterocycles. The van der Waals surface area contributed by atoms with Crippen molar-refractivity contribution in [3.63, 3.8) is 0 Å². The monoisotopic (exact) mass is 615 g/mol. The quantitative estimate of drug-likeness (QED) is 0.401. The maximum atomic E-state index is 13.9. The van der Waals surface area contributed by atoms with E-state index < -0.39 is 17.1 Å². The van der Waals surface area contributed by atoms with Crippen LogP contribution in [0.15, 0.2) is 52.3 Å². The molecule has 6 rings (SSSR count). The molecule has 0 bridgehead atoms. The number of amides is 3. The average molecular weight is 616 g/mol. The van der Waals surface area contributed by atoms with Crippen molar-refractivity contribution in [3.8, 4) is 11.5 Å². The summed E-state index contributed by atoms with van der Waals surface area (Å²) in [5.74, 6) is -1.36. The number of anilines is 1. The molecule has 2 aromatic carbocycles. The van der Waals surface area contributed by atoms with Crippen molar-refractivity contribution in [2.45, 2.75) is 23.1 Å². The first-order valence-electron chi connectivity index (χ1n) is 13.1. The lowest BCUT2D eigenvalue weighted by Gasteiger charge is -2.30. The third-order valence-electron chi connectivity index (χ3n) is 7.25. The van der Waals surface area contributed by atoms with Crippen LogP contribution < -0.4 is 19.2 Å². The zero-order chi connectivity index (χ0) is 28.7. The molecule has 3 amide bonds. The summed E-state index contributed by atoms with van der Waals surface area (Å²) in [4.78, 5) is 58.7. The lowest BCUT2D eigenvalue weighted by Crippen LogP contribution is -2.43. The van der Waals surface area contributed by atoms with Crippen molar-refractivity contribution in [2.24, 2.45) is 5.92 Å². The number of thiazole rings is 1. The Balaban J connectivity index is 1.34. The molecule has 0 spiro atoms. The zero-order valence-electron chi connectivity index (χ0n) is 22.0. The summed E-state index contributed by atoms with van der Waals surface area (Å²) in [7, 11) is 0. The number of ether oxygens (including phenoxy) is 3. The van der Waals surface area contributed by atoms with E-state index in [4.69, 9.17) is 25.8 Å². The van der Waals surface area contributed by atoms with Crippen LogP contribution in [-0.4, -0.2) is 72.4 Å². The summed E-state index contributed by atoms with van der Waals surface area (Å²) in [5.41, 5.74) is 1.14. The van der Waals surface area contributed by atoms with Gasteiger partial charge in [0.15, 0.2) is 18.1 Å². The van der Waals surface area contributed by atoms with Gasteiger partial charge in [0, 0.05) is 28.9 Å². The van der Waals surface area contributed by atoms with Crippen LogP contribution in [0.25, 0.3) is 0 Å². The fourth-order valence-electron chi connectivity index (χ4n) is 5.37. The molecule has 0 radical (unpaired) electrons. The number of aromatic amines is 1. The van der Waals surface area contributed by atoms with Crippen molar-refractivity contribution in [2.75, 3.05) is 44.4 Å². The molecule has 3 aromatic rings. The van der Waals surface area contributed by atoms with E-state index in [2.05, 4.69) is 4.98 Å². The van der Waals surface area contributed by atoms with Gasteiger partial charge in [-0.3, -0.25) is 19.2 Å². The first-order valence-corrected chi connectivity index (χ1v) is 15.2. The van der Waals surface area contributed by atoms with Crippen molar-refractivity contribution in [1.82, 2.24) is 9.88 Å². The van der Waals surface area contributed by atoms with Crippen LogP contribution in [0.1, 0.15) is 23.3 Å². The highest BCUT2D eigenvalue weighted by Gasteiger charge is 2.56. The molecule has 2 unspecified atom stereocenters. The highest BCUT2D eigenvalue weighted by Crippen LogP contribution is 2.53. The molecule has 3 atom stereocenters. The Hall–Kier alpha value is -3.32. The van der Waals surface area contributed by atoms with E-state index in [1.54, 1.807) is 47.4 Å². The van der Waals surface area contributed by atoms with E-state index in [1.165, 1.54) is 16.7 Å². The van der Waals surface area contributed by atoms with Gasteiger partial charge in [-0.1, -0.05) is 40.8 Å². The van der Waals surface area contributed by atoms with Gasteiger partial charge in [-0.2, -0.15) is 0 Å². The third-order valence-corrected chi connectivity index (χ3v) is 9.90.